The predicted molar refractivity (Wildman–Crippen MR) is 103 cm³/mol. The molecule has 1 heterocycles. The lowest BCUT2D eigenvalue weighted by Gasteiger charge is -2.35. The molecule has 2 unspecified atom stereocenters. The number of carbonyl (C=O) groups is 3. The predicted octanol–water partition coefficient (Wildman–Crippen LogP) is 2.90. The van der Waals surface area contributed by atoms with E-state index in [0.29, 0.717) is 36.7 Å². The standard InChI is InChI=1S/C20H27ClN2O4/c1-4-27-20(26)14-8-7-11-23(12-14)19(25)17(13(2)3)22-18(24)15-9-5-6-10-16(15)21/h5-6,9-10,13-14,17H,4,7-8,11-12H2,1-3H3,(H,22,24). The first-order valence-corrected chi connectivity index (χ1v) is 9.73. The second-order valence-corrected chi connectivity index (χ2v) is 7.46. The minimum absolute atomic E-state index is 0.105. The number of piperidine rings is 1. The number of likely N-dealkylation sites (tertiary alicyclic amines) is 1. The van der Waals surface area contributed by atoms with E-state index in [1.807, 2.05) is 13.8 Å². The number of nitrogens with zero attached hydrogens (tertiary/aromatic N) is 1. The van der Waals surface area contributed by atoms with Crippen molar-refractivity contribution in [3.05, 3.63) is 34.9 Å². The first-order chi connectivity index (χ1) is 12.8. The van der Waals surface area contributed by atoms with Crippen molar-refractivity contribution in [1.82, 2.24) is 10.2 Å². The fraction of sp³-hybridized carbons (Fsp3) is 0.550. The van der Waals surface area contributed by atoms with Crippen LogP contribution in [0.15, 0.2) is 24.3 Å². The van der Waals surface area contributed by atoms with E-state index in [4.69, 9.17) is 16.3 Å². The zero-order chi connectivity index (χ0) is 20.0. The second-order valence-electron chi connectivity index (χ2n) is 7.05. The van der Waals surface area contributed by atoms with Gasteiger partial charge in [0.2, 0.25) is 5.91 Å². The average molecular weight is 395 g/mol. The van der Waals surface area contributed by atoms with Crippen LogP contribution in [-0.4, -0.2) is 48.4 Å². The second kappa shape index (κ2) is 9.74. The summed E-state index contributed by atoms with van der Waals surface area (Å²) in [6.07, 6.45) is 1.44. The van der Waals surface area contributed by atoms with Crippen molar-refractivity contribution in [1.29, 1.82) is 0 Å². The zero-order valence-electron chi connectivity index (χ0n) is 16.0. The van der Waals surface area contributed by atoms with Gasteiger partial charge in [-0.1, -0.05) is 37.6 Å². The molecular formula is C20H27ClN2O4. The molecule has 27 heavy (non-hydrogen) atoms. The van der Waals surface area contributed by atoms with Crippen LogP contribution in [-0.2, 0) is 14.3 Å². The molecule has 1 aromatic carbocycles. The van der Waals surface area contributed by atoms with Crippen LogP contribution >= 0.6 is 11.6 Å². The van der Waals surface area contributed by atoms with E-state index in [1.54, 1.807) is 36.1 Å². The molecule has 2 rings (SSSR count). The molecule has 1 saturated heterocycles. The van der Waals surface area contributed by atoms with Crippen LogP contribution in [0.5, 0.6) is 0 Å². The van der Waals surface area contributed by atoms with Gasteiger partial charge in [-0.05, 0) is 37.8 Å². The normalized spacial score (nSPS) is 18.1. The maximum Gasteiger partial charge on any atom is 0.310 e. The van der Waals surface area contributed by atoms with Gasteiger partial charge < -0.3 is 15.0 Å². The molecule has 1 aliphatic rings. The number of carbonyl (C=O) groups excluding carboxylic acids is 3. The van der Waals surface area contributed by atoms with Crippen LogP contribution in [0.2, 0.25) is 5.02 Å². The summed E-state index contributed by atoms with van der Waals surface area (Å²) >= 11 is 6.09. The minimum Gasteiger partial charge on any atom is -0.466 e. The van der Waals surface area contributed by atoms with E-state index < -0.39 is 6.04 Å². The lowest BCUT2D eigenvalue weighted by atomic mass is 9.95. The molecule has 0 radical (unpaired) electrons. The number of hydrogen-bond donors (Lipinski definition) is 1. The molecule has 0 spiro atoms. The van der Waals surface area contributed by atoms with Crippen LogP contribution in [0.1, 0.15) is 44.0 Å². The largest absolute Gasteiger partial charge is 0.466 e. The van der Waals surface area contributed by atoms with E-state index in [9.17, 15) is 14.4 Å². The molecule has 6 nitrogen and oxygen atoms in total. The van der Waals surface area contributed by atoms with Gasteiger partial charge in [0.25, 0.3) is 5.91 Å². The number of halogens is 1. The molecule has 2 amide bonds. The summed E-state index contributed by atoms with van der Waals surface area (Å²) in [4.78, 5) is 39.3. The number of hydrogen-bond acceptors (Lipinski definition) is 4. The molecule has 7 heteroatoms. The zero-order valence-corrected chi connectivity index (χ0v) is 16.8. The molecule has 2 atom stereocenters. The van der Waals surface area contributed by atoms with Crippen molar-refractivity contribution >= 4 is 29.4 Å². The molecule has 1 aromatic rings. The summed E-state index contributed by atoms with van der Waals surface area (Å²) in [5, 5.41) is 3.15. The minimum atomic E-state index is -0.685. The van der Waals surface area contributed by atoms with Gasteiger partial charge in [-0.25, -0.2) is 0 Å². The SMILES string of the molecule is CCOC(=O)C1CCCN(C(=O)C(NC(=O)c2ccccc2Cl)C(C)C)C1. The third kappa shape index (κ3) is 5.45. The van der Waals surface area contributed by atoms with Crippen molar-refractivity contribution in [2.45, 2.75) is 39.7 Å². The van der Waals surface area contributed by atoms with Crippen molar-refractivity contribution in [2.75, 3.05) is 19.7 Å². The van der Waals surface area contributed by atoms with Crippen molar-refractivity contribution in [3.8, 4) is 0 Å². The fourth-order valence-corrected chi connectivity index (χ4v) is 3.43. The molecule has 1 aliphatic heterocycles. The Hall–Kier alpha value is -2.08. The van der Waals surface area contributed by atoms with Crippen LogP contribution in [0.3, 0.4) is 0 Å². The smallest absolute Gasteiger partial charge is 0.310 e. The molecule has 1 fully saturated rings. The first kappa shape index (κ1) is 21.2. The topological polar surface area (TPSA) is 75.7 Å². The lowest BCUT2D eigenvalue weighted by Crippen LogP contribution is -2.54. The Balaban J connectivity index is 2.09. The molecule has 148 valence electrons. The number of amides is 2. The maximum atomic E-state index is 13.0. The number of ether oxygens (including phenoxy) is 1. The summed E-state index contributed by atoms with van der Waals surface area (Å²) in [5.74, 6) is -1.25. The molecule has 0 saturated carbocycles. The summed E-state index contributed by atoms with van der Waals surface area (Å²) in [7, 11) is 0. The summed E-state index contributed by atoms with van der Waals surface area (Å²) in [6.45, 7) is 6.74. The average Bonchev–Trinajstić information content (AvgIpc) is 2.65. The summed E-state index contributed by atoms with van der Waals surface area (Å²) < 4.78 is 5.09. The highest BCUT2D eigenvalue weighted by Gasteiger charge is 2.34. The Bertz CT molecular complexity index is 692. The van der Waals surface area contributed by atoms with E-state index >= 15 is 0 Å². The summed E-state index contributed by atoms with van der Waals surface area (Å²) in [6, 6.07) is 6.04. The highest BCUT2D eigenvalue weighted by molar-refractivity contribution is 6.33. The highest BCUT2D eigenvalue weighted by atomic mass is 35.5. The fourth-order valence-electron chi connectivity index (χ4n) is 3.20. The van der Waals surface area contributed by atoms with E-state index in [2.05, 4.69) is 5.32 Å². The van der Waals surface area contributed by atoms with Gasteiger partial charge in [0.1, 0.15) is 6.04 Å². The van der Waals surface area contributed by atoms with Crippen molar-refractivity contribution in [2.24, 2.45) is 11.8 Å². The third-order valence-corrected chi connectivity index (χ3v) is 5.02. The highest BCUT2D eigenvalue weighted by Crippen LogP contribution is 2.21. The summed E-state index contributed by atoms with van der Waals surface area (Å²) in [5.41, 5.74) is 0.334. The lowest BCUT2D eigenvalue weighted by molar-refractivity contribution is -0.151. The molecule has 0 aromatic heterocycles. The van der Waals surface area contributed by atoms with Gasteiger partial charge in [-0.3, -0.25) is 14.4 Å². The number of rotatable bonds is 6. The first-order valence-electron chi connectivity index (χ1n) is 9.36. The number of nitrogens with one attached hydrogen (secondary N) is 1. The Kier molecular flexibility index (Phi) is 7.66. The Morgan fingerprint density at radius 3 is 2.63 bits per heavy atom. The van der Waals surface area contributed by atoms with E-state index in [-0.39, 0.29) is 29.6 Å². The Morgan fingerprint density at radius 1 is 1.30 bits per heavy atom. The van der Waals surface area contributed by atoms with E-state index in [1.165, 1.54) is 0 Å². The van der Waals surface area contributed by atoms with Crippen molar-refractivity contribution < 1.29 is 19.1 Å². The molecule has 0 aliphatic carbocycles. The van der Waals surface area contributed by atoms with Crippen molar-refractivity contribution in [3.63, 3.8) is 0 Å². The van der Waals surface area contributed by atoms with Crippen LogP contribution in [0, 0.1) is 11.8 Å². The number of benzene rings is 1. The molecule has 1 N–H and O–H groups in total. The molecular weight excluding hydrogens is 368 g/mol. The number of esters is 1. The van der Waals surface area contributed by atoms with Gasteiger partial charge in [0.05, 0.1) is 23.1 Å². The monoisotopic (exact) mass is 394 g/mol. The Morgan fingerprint density at radius 2 is 2.00 bits per heavy atom. The van der Waals surface area contributed by atoms with E-state index in [0.717, 1.165) is 6.42 Å². The van der Waals surface area contributed by atoms with Crippen LogP contribution in [0.25, 0.3) is 0 Å². The van der Waals surface area contributed by atoms with Gasteiger partial charge in [0, 0.05) is 13.1 Å². The van der Waals surface area contributed by atoms with Crippen LogP contribution < -0.4 is 5.32 Å². The third-order valence-electron chi connectivity index (χ3n) is 4.69. The molecule has 0 bridgehead atoms. The van der Waals surface area contributed by atoms with Gasteiger partial charge in [-0.2, -0.15) is 0 Å². The van der Waals surface area contributed by atoms with Gasteiger partial charge in [-0.15, -0.1) is 0 Å². The van der Waals surface area contributed by atoms with Gasteiger partial charge in [0.15, 0.2) is 0 Å². The van der Waals surface area contributed by atoms with Crippen LogP contribution in [0.4, 0.5) is 0 Å². The van der Waals surface area contributed by atoms with Gasteiger partial charge >= 0.3 is 5.97 Å². The quantitative estimate of drug-likeness (QED) is 0.753. The maximum absolute atomic E-state index is 13.0. The Labute approximate surface area is 165 Å².